The first-order valence-corrected chi connectivity index (χ1v) is 11.3. The number of fused-ring (bicyclic) bond motifs is 2. The molecule has 2 aliphatic rings. The quantitative estimate of drug-likeness (QED) is 0.630. The Morgan fingerprint density at radius 1 is 1.31 bits per heavy atom. The van der Waals surface area contributed by atoms with Crippen LogP contribution in [0.4, 0.5) is 4.39 Å². The van der Waals surface area contributed by atoms with Crippen molar-refractivity contribution >= 4 is 5.91 Å². The van der Waals surface area contributed by atoms with Gasteiger partial charge in [0.2, 0.25) is 5.91 Å². The van der Waals surface area contributed by atoms with Gasteiger partial charge >= 0.3 is 0 Å². The van der Waals surface area contributed by atoms with Crippen LogP contribution in [0, 0.1) is 11.7 Å². The van der Waals surface area contributed by atoms with E-state index in [1.807, 2.05) is 31.3 Å². The van der Waals surface area contributed by atoms with Crippen molar-refractivity contribution in [1.82, 2.24) is 14.8 Å². The number of likely N-dealkylation sites (tertiary alicyclic amines) is 1. The lowest BCUT2D eigenvalue weighted by molar-refractivity contribution is -0.136. The molecule has 7 heteroatoms. The highest BCUT2D eigenvalue weighted by molar-refractivity contribution is 5.79. The lowest BCUT2D eigenvalue weighted by Crippen LogP contribution is -2.47. The van der Waals surface area contributed by atoms with Crippen LogP contribution in [0.5, 0.6) is 0 Å². The van der Waals surface area contributed by atoms with E-state index in [1.165, 1.54) is 6.07 Å². The molecule has 0 N–H and O–H groups in total. The molecule has 0 saturated carbocycles. The molecule has 1 amide bonds. The van der Waals surface area contributed by atoms with Crippen LogP contribution in [-0.4, -0.2) is 67.6 Å². The van der Waals surface area contributed by atoms with Crippen molar-refractivity contribution in [3.05, 3.63) is 65.2 Å². The summed E-state index contributed by atoms with van der Waals surface area (Å²) in [6.07, 6.45) is 3.97. The summed E-state index contributed by atoms with van der Waals surface area (Å²) in [5, 5.41) is 0. The molecule has 0 aliphatic carbocycles. The minimum atomic E-state index is -0.399. The number of hydrogen-bond acceptors (Lipinski definition) is 5. The van der Waals surface area contributed by atoms with Gasteiger partial charge in [-0.3, -0.25) is 9.78 Å². The van der Waals surface area contributed by atoms with Crippen LogP contribution < -0.4 is 0 Å². The van der Waals surface area contributed by atoms with Gasteiger partial charge in [0, 0.05) is 58.6 Å². The number of carbonyl (C=O) groups excluding carboxylic acids is 1. The molecule has 172 valence electrons. The second-order valence-corrected chi connectivity index (χ2v) is 8.86. The maximum atomic E-state index is 13.9. The first kappa shape index (κ1) is 22.8. The SMILES string of the molecule is COCCN(C)C(=O)C(Cc1ccccn1)CN1CCC2(CC1)OCc1ccc(F)cc12. The molecule has 1 atom stereocenters. The number of piperidine rings is 1. The van der Waals surface area contributed by atoms with Crippen molar-refractivity contribution in [2.75, 3.05) is 46.9 Å². The Labute approximate surface area is 189 Å². The Morgan fingerprint density at radius 3 is 2.84 bits per heavy atom. The van der Waals surface area contributed by atoms with Crippen molar-refractivity contribution in [3.63, 3.8) is 0 Å². The van der Waals surface area contributed by atoms with Crippen LogP contribution in [0.1, 0.15) is 29.7 Å². The van der Waals surface area contributed by atoms with Gasteiger partial charge in [-0.15, -0.1) is 0 Å². The fraction of sp³-hybridized carbons (Fsp3) is 0.520. The number of rotatable bonds is 8. The third kappa shape index (κ3) is 5.00. The van der Waals surface area contributed by atoms with E-state index >= 15 is 0 Å². The number of carbonyl (C=O) groups is 1. The van der Waals surface area contributed by atoms with Crippen molar-refractivity contribution in [1.29, 1.82) is 0 Å². The highest BCUT2D eigenvalue weighted by Crippen LogP contribution is 2.44. The summed E-state index contributed by atoms with van der Waals surface area (Å²) in [7, 11) is 3.47. The molecule has 0 bridgehead atoms. The number of methoxy groups -OCH3 is 1. The summed E-state index contributed by atoms with van der Waals surface area (Å²) in [4.78, 5) is 21.8. The predicted octanol–water partition coefficient (Wildman–Crippen LogP) is 3.01. The number of halogens is 1. The number of nitrogens with zero attached hydrogens (tertiary/aromatic N) is 3. The number of pyridine rings is 1. The monoisotopic (exact) mass is 441 g/mol. The molecular formula is C25H32FN3O3. The van der Waals surface area contributed by atoms with Gasteiger partial charge in [-0.05, 0) is 48.2 Å². The molecule has 1 unspecified atom stereocenters. The fourth-order valence-electron chi connectivity index (χ4n) is 4.87. The summed E-state index contributed by atoms with van der Waals surface area (Å²) in [5.41, 5.74) is 2.60. The zero-order valence-electron chi connectivity index (χ0n) is 18.9. The van der Waals surface area contributed by atoms with Crippen LogP contribution in [0.25, 0.3) is 0 Å². The number of amides is 1. The third-order valence-corrected chi connectivity index (χ3v) is 6.75. The number of benzene rings is 1. The minimum Gasteiger partial charge on any atom is -0.383 e. The van der Waals surface area contributed by atoms with E-state index in [1.54, 1.807) is 24.3 Å². The molecule has 1 aromatic heterocycles. The van der Waals surface area contributed by atoms with Crippen molar-refractivity contribution in [3.8, 4) is 0 Å². The topological polar surface area (TPSA) is 54.9 Å². The van der Waals surface area contributed by atoms with Gasteiger partial charge in [0.25, 0.3) is 0 Å². The molecule has 4 rings (SSSR count). The minimum absolute atomic E-state index is 0.109. The maximum Gasteiger partial charge on any atom is 0.227 e. The van der Waals surface area contributed by atoms with Gasteiger partial charge in [-0.1, -0.05) is 12.1 Å². The van der Waals surface area contributed by atoms with Gasteiger partial charge in [0.05, 0.1) is 24.7 Å². The summed E-state index contributed by atoms with van der Waals surface area (Å²) in [5.74, 6) is -0.288. The lowest BCUT2D eigenvalue weighted by Gasteiger charge is -2.40. The fourth-order valence-corrected chi connectivity index (χ4v) is 4.87. The average Bonchev–Trinajstić information content (AvgIpc) is 3.16. The zero-order valence-corrected chi connectivity index (χ0v) is 18.9. The van der Waals surface area contributed by atoms with Gasteiger partial charge in [0.1, 0.15) is 5.82 Å². The third-order valence-electron chi connectivity index (χ3n) is 6.75. The first-order valence-electron chi connectivity index (χ1n) is 11.3. The molecule has 1 fully saturated rings. The second-order valence-electron chi connectivity index (χ2n) is 8.86. The summed E-state index contributed by atoms with van der Waals surface area (Å²) in [6, 6.07) is 10.8. The predicted molar refractivity (Wildman–Crippen MR) is 119 cm³/mol. The smallest absolute Gasteiger partial charge is 0.227 e. The molecule has 0 radical (unpaired) electrons. The van der Waals surface area contributed by atoms with Crippen LogP contribution in [-0.2, 0) is 32.9 Å². The van der Waals surface area contributed by atoms with Crippen LogP contribution in [0.3, 0.4) is 0 Å². The van der Waals surface area contributed by atoms with E-state index in [2.05, 4.69) is 9.88 Å². The number of hydrogen-bond donors (Lipinski definition) is 0. The number of likely N-dealkylation sites (N-methyl/N-ethyl adjacent to an activating group) is 1. The standard InChI is InChI=1S/C25H32FN3O3/c1-28(13-14-31-2)24(30)20(15-22-5-3-4-10-27-22)17-29-11-8-25(9-12-29)23-16-21(26)7-6-19(23)18-32-25/h3-7,10,16,20H,8-9,11-15,17-18H2,1-2H3. The lowest BCUT2D eigenvalue weighted by atomic mass is 9.83. The van der Waals surface area contributed by atoms with Crippen LogP contribution >= 0.6 is 0 Å². The summed E-state index contributed by atoms with van der Waals surface area (Å²) < 4.78 is 25.2. The summed E-state index contributed by atoms with van der Waals surface area (Å²) in [6.45, 7) is 3.90. The Balaban J connectivity index is 1.43. The van der Waals surface area contributed by atoms with E-state index in [4.69, 9.17) is 9.47 Å². The number of aromatic nitrogens is 1. The molecule has 1 spiro atoms. The molecule has 32 heavy (non-hydrogen) atoms. The maximum absolute atomic E-state index is 13.9. The number of ether oxygens (including phenoxy) is 2. The van der Waals surface area contributed by atoms with E-state index in [0.29, 0.717) is 32.7 Å². The molecular weight excluding hydrogens is 409 g/mol. The zero-order chi connectivity index (χ0) is 22.6. The Bertz CT molecular complexity index is 916. The van der Waals surface area contributed by atoms with Gasteiger partial charge < -0.3 is 19.3 Å². The second kappa shape index (κ2) is 10.1. The van der Waals surface area contributed by atoms with Crippen molar-refractivity contribution in [2.45, 2.75) is 31.5 Å². The molecule has 6 nitrogen and oxygen atoms in total. The van der Waals surface area contributed by atoms with Gasteiger partial charge in [0.15, 0.2) is 0 Å². The van der Waals surface area contributed by atoms with Gasteiger partial charge in [-0.25, -0.2) is 4.39 Å². The normalized spacial score (nSPS) is 18.5. The largest absolute Gasteiger partial charge is 0.383 e. The molecule has 1 saturated heterocycles. The molecule has 2 aromatic rings. The van der Waals surface area contributed by atoms with Gasteiger partial charge in [-0.2, -0.15) is 0 Å². The Kier molecular flexibility index (Phi) is 7.18. The highest BCUT2D eigenvalue weighted by Gasteiger charge is 2.43. The molecule has 2 aliphatic heterocycles. The van der Waals surface area contributed by atoms with E-state index in [0.717, 1.165) is 42.8 Å². The molecule has 3 heterocycles. The average molecular weight is 442 g/mol. The van der Waals surface area contributed by atoms with Crippen LogP contribution in [0.15, 0.2) is 42.6 Å². The van der Waals surface area contributed by atoms with E-state index < -0.39 is 5.60 Å². The van der Waals surface area contributed by atoms with Crippen molar-refractivity contribution in [2.24, 2.45) is 5.92 Å². The van der Waals surface area contributed by atoms with Crippen molar-refractivity contribution < 1.29 is 18.7 Å². The van der Waals surface area contributed by atoms with E-state index in [9.17, 15) is 9.18 Å². The Hall–Kier alpha value is -2.35. The van der Waals surface area contributed by atoms with Crippen LogP contribution in [0.2, 0.25) is 0 Å². The molecule has 1 aromatic carbocycles. The first-order chi connectivity index (χ1) is 15.5. The Morgan fingerprint density at radius 2 is 2.12 bits per heavy atom. The highest BCUT2D eigenvalue weighted by atomic mass is 19.1. The summed E-state index contributed by atoms with van der Waals surface area (Å²) >= 11 is 0. The van der Waals surface area contributed by atoms with E-state index in [-0.39, 0.29) is 17.6 Å².